The lowest BCUT2D eigenvalue weighted by molar-refractivity contribution is -0.181. The third kappa shape index (κ3) is 2.67. The van der Waals surface area contributed by atoms with Gasteiger partial charge in [0.25, 0.3) is 0 Å². The largest absolute Gasteiger partial charge is 0.497 e. The Morgan fingerprint density at radius 1 is 1.14 bits per heavy atom. The summed E-state index contributed by atoms with van der Waals surface area (Å²) in [6.45, 7) is 7.23. The molecule has 2 rings (SSSR count). The van der Waals surface area contributed by atoms with E-state index < -0.39 is 17.5 Å². The van der Waals surface area contributed by atoms with Gasteiger partial charge in [0, 0.05) is 0 Å². The molecule has 1 fully saturated rings. The molecule has 21 heavy (non-hydrogen) atoms. The summed E-state index contributed by atoms with van der Waals surface area (Å²) in [4.78, 5) is 24.8. The minimum absolute atomic E-state index is 0.0467. The predicted molar refractivity (Wildman–Crippen MR) is 78.9 cm³/mol. The second kappa shape index (κ2) is 5.51. The molecule has 1 aliphatic rings. The van der Waals surface area contributed by atoms with Gasteiger partial charge < -0.3 is 9.47 Å². The number of methoxy groups -OCH3 is 1. The van der Waals surface area contributed by atoms with Crippen molar-refractivity contribution >= 4 is 11.8 Å². The zero-order valence-corrected chi connectivity index (χ0v) is 13.2. The molecule has 1 aromatic carbocycles. The van der Waals surface area contributed by atoms with E-state index in [-0.39, 0.29) is 17.6 Å². The Hall–Kier alpha value is -1.84. The van der Waals surface area contributed by atoms with Crippen LogP contribution >= 0.6 is 0 Å². The maximum absolute atomic E-state index is 12.7. The van der Waals surface area contributed by atoms with Gasteiger partial charge in [-0.25, -0.2) is 0 Å². The van der Waals surface area contributed by atoms with Crippen molar-refractivity contribution in [1.29, 1.82) is 0 Å². The second-order valence-corrected chi connectivity index (χ2v) is 6.36. The van der Waals surface area contributed by atoms with E-state index in [9.17, 15) is 9.59 Å². The van der Waals surface area contributed by atoms with E-state index in [2.05, 4.69) is 0 Å². The number of hydrogen-bond acceptors (Lipinski definition) is 4. The van der Waals surface area contributed by atoms with Crippen molar-refractivity contribution in [1.82, 2.24) is 0 Å². The molecule has 4 heteroatoms. The first-order valence-electron chi connectivity index (χ1n) is 7.18. The van der Waals surface area contributed by atoms with E-state index in [1.165, 1.54) is 0 Å². The average Bonchev–Trinajstić information content (AvgIpc) is 2.44. The summed E-state index contributed by atoms with van der Waals surface area (Å²) < 4.78 is 10.7. The summed E-state index contributed by atoms with van der Waals surface area (Å²) in [6.07, 6.45) is -0.524. The minimum Gasteiger partial charge on any atom is -0.497 e. The number of ether oxygens (including phenoxy) is 2. The van der Waals surface area contributed by atoms with Crippen LogP contribution in [0.4, 0.5) is 0 Å². The van der Waals surface area contributed by atoms with Crippen LogP contribution < -0.4 is 4.74 Å². The molecule has 1 aliphatic heterocycles. The summed E-state index contributed by atoms with van der Waals surface area (Å²) in [5, 5.41) is 0. The Morgan fingerprint density at radius 3 is 2.19 bits per heavy atom. The highest BCUT2D eigenvalue weighted by Gasteiger charge is 2.51. The molecule has 4 nitrogen and oxygen atoms in total. The van der Waals surface area contributed by atoms with Crippen molar-refractivity contribution < 1.29 is 19.1 Å². The number of cyclic esters (lactones) is 1. The summed E-state index contributed by atoms with van der Waals surface area (Å²) in [6, 6.07) is 7.31. The van der Waals surface area contributed by atoms with E-state index in [4.69, 9.17) is 9.47 Å². The van der Waals surface area contributed by atoms with Gasteiger partial charge in [-0.05, 0) is 37.5 Å². The number of hydrogen-bond donors (Lipinski definition) is 0. The van der Waals surface area contributed by atoms with Crippen LogP contribution in [0.15, 0.2) is 24.3 Å². The third-order valence-corrected chi connectivity index (χ3v) is 4.15. The predicted octanol–water partition coefficient (Wildman–Crippen LogP) is 3.16. The molecule has 0 amide bonds. The Bertz CT molecular complexity index is 542. The summed E-state index contributed by atoms with van der Waals surface area (Å²) in [5.41, 5.74) is -0.246. The molecule has 1 saturated heterocycles. The molecule has 0 saturated carbocycles. The lowest BCUT2D eigenvalue weighted by Gasteiger charge is -2.40. The summed E-state index contributed by atoms with van der Waals surface area (Å²) >= 11 is 0. The molecule has 0 bridgehead atoms. The fraction of sp³-hybridized carbons (Fsp3) is 0.529. The average molecular weight is 290 g/mol. The highest BCUT2D eigenvalue weighted by molar-refractivity contribution is 6.06. The topological polar surface area (TPSA) is 52.6 Å². The van der Waals surface area contributed by atoms with Crippen LogP contribution in [0.2, 0.25) is 0 Å². The van der Waals surface area contributed by atoms with Gasteiger partial charge in [-0.2, -0.15) is 0 Å². The van der Waals surface area contributed by atoms with Crippen LogP contribution in [0, 0.1) is 17.3 Å². The van der Waals surface area contributed by atoms with Crippen LogP contribution in [0.3, 0.4) is 0 Å². The Balaban J connectivity index is 2.40. The van der Waals surface area contributed by atoms with E-state index in [0.717, 1.165) is 11.3 Å². The Kier molecular flexibility index (Phi) is 4.08. The van der Waals surface area contributed by atoms with Gasteiger partial charge in [0.15, 0.2) is 5.78 Å². The normalized spacial score (nSPS) is 24.9. The monoisotopic (exact) mass is 290 g/mol. The standard InChI is InChI=1S/C17H22O4/c1-10(2)13-14(11-6-8-12(20-5)9-7-11)21-16(19)17(3,4)15(13)18/h6-10,13-14H,1-5H3/t13-,14-/m0/s1. The van der Waals surface area contributed by atoms with Crippen LogP contribution in [-0.4, -0.2) is 18.9 Å². The smallest absolute Gasteiger partial charge is 0.319 e. The highest BCUT2D eigenvalue weighted by atomic mass is 16.5. The fourth-order valence-corrected chi connectivity index (χ4v) is 2.71. The van der Waals surface area contributed by atoms with Gasteiger partial charge in [0.1, 0.15) is 17.3 Å². The van der Waals surface area contributed by atoms with E-state index in [0.29, 0.717) is 0 Å². The van der Waals surface area contributed by atoms with Gasteiger partial charge in [0.05, 0.1) is 13.0 Å². The molecule has 1 aromatic rings. The molecule has 0 aromatic heterocycles. The maximum Gasteiger partial charge on any atom is 0.319 e. The summed E-state index contributed by atoms with van der Waals surface area (Å²) in [7, 11) is 1.60. The lowest BCUT2D eigenvalue weighted by atomic mass is 9.71. The van der Waals surface area contributed by atoms with Crippen LogP contribution in [0.25, 0.3) is 0 Å². The first kappa shape index (κ1) is 15.5. The lowest BCUT2D eigenvalue weighted by Crippen LogP contribution is -2.49. The van der Waals surface area contributed by atoms with Crippen molar-refractivity contribution in [2.75, 3.05) is 7.11 Å². The third-order valence-electron chi connectivity index (χ3n) is 4.15. The van der Waals surface area contributed by atoms with Gasteiger partial charge in [-0.1, -0.05) is 26.0 Å². The zero-order valence-electron chi connectivity index (χ0n) is 13.2. The molecule has 114 valence electrons. The number of carbonyl (C=O) groups excluding carboxylic acids is 2. The second-order valence-electron chi connectivity index (χ2n) is 6.36. The quantitative estimate of drug-likeness (QED) is 0.634. The number of Topliss-reactive ketones (excluding diaryl/α,β-unsaturated/α-hetero) is 1. The fourth-order valence-electron chi connectivity index (χ4n) is 2.71. The van der Waals surface area contributed by atoms with E-state index in [1.807, 2.05) is 38.1 Å². The SMILES string of the molecule is COc1ccc([C@@H]2OC(=O)C(C)(C)C(=O)[C@H]2C(C)C)cc1. The number of ketones is 1. The van der Waals surface area contributed by atoms with Crippen LogP contribution in [-0.2, 0) is 14.3 Å². The van der Waals surface area contributed by atoms with E-state index >= 15 is 0 Å². The molecule has 2 atom stereocenters. The highest BCUT2D eigenvalue weighted by Crippen LogP contribution is 2.43. The minimum atomic E-state index is -1.07. The number of rotatable bonds is 3. The first-order chi connectivity index (χ1) is 9.78. The summed E-state index contributed by atoms with van der Waals surface area (Å²) in [5.74, 6) is -0.00324. The Morgan fingerprint density at radius 2 is 1.71 bits per heavy atom. The molecule has 0 N–H and O–H groups in total. The molecule has 1 heterocycles. The van der Waals surface area contributed by atoms with Crippen molar-refractivity contribution in [2.24, 2.45) is 17.3 Å². The number of benzene rings is 1. The van der Waals surface area contributed by atoms with Gasteiger partial charge in [-0.15, -0.1) is 0 Å². The van der Waals surface area contributed by atoms with Gasteiger partial charge >= 0.3 is 5.97 Å². The first-order valence-corrected chi connectivity index (χ1v) is 7.18. The van der Waals surface area contributed by atoms with Gasteiger partial charge in [0.2, 0.25) is 0 Å². The van der Waals surface area contributed by atoms with Crippen molar-refractivity contribution in [2.45, 2.75) is 33.8 Å². The molecular formula is C17H22O4. The molecule has 0 unspecified atom stereocenters. The zero-order chi connectivity index (χ0) is 15.8. The van der Waals surface area contributed by atoms with Gasteiger partial charge in [-0.3, -0.25) is 9.59 Å². The van der Waals surface area contributed by atoms with Crippen molar-refractivity contribution in [3.63, 3.8) is 0 Å². The number of esters is 1. The molecule has 0 aliphatic carbocycles. The molecule has 0 spiro atoms. The molecular weight excluding hydrogens is 268 g/mol. The number of carbonyl (C=O) groups is 2. The van der Waals surface area contributed by atoms with E-state index in [1.54, 1.807) is 21.0 Å². The maximum atomic E-state index is 12.7. The Labute approximate surface area is 125 Å². The van der Waals surface area contributed by atoms with Crippen molar-refractivity contribution in [3.05, 3.63) is 29.8 Å². The molecule has 0 radical (unpaired) electrons. The van der Waals surface area contributed by atoms with Crippen molar-refractivity contribution in [3.8, 4) is 5.75 Å². The van der Waals surface area contributed by atoms with Crippen LogP contribution in [0.1, 0.15) is 39.4 Å². The van der Waals surface area contributed by atoms with Crippen LogP contribution in [0.5, 0.6) is 5.75 Å².